The van der Waals surface area contributed by atoms with Crippen molar-refractivity contribution in [2.75, 3.05) is 18.1 Å². The standard InChI is InChI=1S/C30H24Br2N2O4/c31-29-20-10-1-2-11-21(20)30(32,23-13-4-3-12-22(23)29)25-24(29)27(36)34(28(25)37)18-8-5-7-17(15-18)26(35)33-16-19-9-6-14-38-19/h1-5,7-8,10-13,15,19,24-25H,6,9,14,16H2,(H,33,35)/t19-,24-,25+,29?,30?/m1/s1. The first-order valence-electron chi connectivity index (χ1n) is 12.8. The lowest BCUT2D eigenvalue weighted by molar-refractivity contribution is -0.122. The summed E-state index contributed by atoms with van der Waals surface area (Å²) in [5.41, 5.74) is 4.75. The second kappa shape index (κ2) is 8.60. The van der Waals surface area contributed by atoms with Crippen LogP contribution in [0.4, 0.5) is 5.69 Å². The molecule has 5 aliphatic rings. The third kappa shape index (κ3) is 3.11. The molecule has 38 heavy (non-hydrogen) atoms. The zero-order valence-electron chi connectivity index (χ0n) is 20.3. The Morgan fingerprint density at radius 2 is 1.42 bits per heavy atom. The third-order valence-electron chi connectivity index (χ3n) is 8.47. The molecule has 0 radical (unpaired) electrons. The van der Waals surface area contributed by atoms with Gasteiger partial charge in [-0.05, 0) is 53.3 Å². The number of nitrogens with one attached hydrogen (secondary N) is 1. The summed E-state index contributed by atoms with van der Waals surface area (Å²) in [5, 5.41) is 2.92. The Labute approximate surface area is 237 Å². The van der Waals surface area contributed by atoms with Crippen LogP contribution in [0.1, 0.15) is 45.5 Å². The van der Waals surface area contributed by atoms with Gasteiger partial charge in [0.2, 0.25) is 11.8 Å². The second-order valence-electron chi connectivity index (χ2n) is 10.4. The first-order chi connectivity index (χ1) is 18.4. The summed E-state index contributed by atoms with van der Waals surface area (Å²) < 4.78 is 3.91. The van der Waals surface area contributed by atoms with Crippen molar-refractivity contribution < 1.29 is 19.1 Å². The molecule has 8 rings (SSSR count). The molecule has 2 heterocycles. The number of benzene rings is 3. The Hall–Kier alpha value is -2.81. The van der Waals surface area contributed by atoms with E-state index in [9.17, 15) is 14.4 Å². The molecular weight excluding hydrogens is 612 g/mol. The quantitative estimate of drug-likeness (QED) is 0.323. The van der Waals surface area contributed by atoms with E-state index in [4.69, 9.17) is 4.74 Å². The maximum atomic E-state index is 14.2. The molecule has 0 spiro atoms. The van der Waals surface area contributed by atoms with Crippen LogP contribution in [0.5, 0.6) is 0 Å². The number of hydrogen-bond acceptors (Lipinski definition) is 4. The number of halogens is 2. The number of nitrogens with zero attached hydrogens (tertiary/aromatic N) is 1. The monoisotopic (exact) mass is 634 g/mol. The fourth-order valence-corrected chi connectivity index (χ4v) is 9.13. The van der Waals surface area contributed by atoms with Crippen molar-refractivity contribution in [2.24, 2.45) is 11.8 Å². The number of anilines is 1. The zero-order chi connectivity index (χ0) is 26.2. The summed E-state index contributed by atoms with van der Waals surface area (Å²) in [7, 11) is 0. The van der Waals surface area contributed by atoms with Crippen LogP contribution >= 0.6 is 31.9 Å². The number of carbonyl (C=O) groups is 3. The lowest BCUT2D eigenvalue weighted by atomic mass is 9.54. The molecule has 2 saturated heterocycles. The lowest BCUT2D eigenvalue weighted by Gasteiger charge is -2.55. The molecule has 3 aliphatic carbocycles. The number of ether oxygens (including phenoxy) is 1. The molecule has 0 unspecified atom stereocenters. The van der Waals surface area contributed by atoms with E-state index in [0.717, 1.165) is 41.7 Å². The van der Waals surface area contributed by atoms with Crippen LogP contribution in [0.3, 0.4) is 0 Å². The highest BCUT2D eigenvalue weighted by atomic mass is 79.9. The molecule has 1 N–H and O–H groups in total. The molecule has 0 aromatic heterocycles. The molecule has 0 saturated carbocycles. The highest BCUT2D eigenvalue weighted by Gasteiger charge is 2.72. The van der Waals surface area contributed by atoms with Gasteiger partial charge in [0.15, 0.2) is 0 Å². The van der Waals surface area contributed by atoms with Crippen molar-refractivity contribution in [2.45, 2.75) is 27.6 Å². The Kier molecular flexibility index (Phi) is 5.49. The zero-order valence-corrected chi connectivity index (χ0v) is 23.5. The molecule has 192 valence electrons. The van der Waals surface area contributed by atoms with Gasteiger partial charge < -0.3 is 10.1 Å². The van der Waals surface area contributed by atoms with Crippen LogP contribution in [-0.4, -0.2) is 37.0 Å². The van der Waals surface area contributed by atoms with E-state index in [2.05, 4.69) is 37.2 Å². The Bertz CT molecular complexity index is 1390. The van der Waals surface area contributed by atoms with Crippen LogP contribution in [0, 0.1) is 11.8 Å². The molecule has 8 heteroatoms. The maximum absolute atomic E-state index is 14.2. The van der Waals surface area contributed by atoms with Crippen LogP contribution < -0.4 is 10.2 Å². The van der Waals surface area contributed by atoms with Gasteiger partial charge in [0.1, 0.15) is 0 Å². The van der Waals surface area contributed by atoms with Crippen molar-refractivity contribution in [1.29, 1.82) is 0 Å². The molecule has 2 aliphatic heterocycles. The molecule has 3 aromatic carbocycles. The van der Waals surface area contributed by atoms with E-state index in [0.29, 0.717) is 17.8 Å². The topological polar surface area (TPSA) is 75.7 Å². The SMILES string of the molecule is O=C(NC[C@H]1CCCO1)c1cccc(N2C(=O)[C@@H]3[C@H](C2=O)C2(Br)c4ccccc4C3(Br)c3ccccc32)c1. The summed E-state index contributed by atoms with van der Waals surface area (Å²) in [6.07, 6.45) is 1.94. The first kappa shape index (κ1) is 24.2. The van der Waals surface area contributed by atoms with Crippen LogP contribution in [0.2, 0.25) is 0 Å². The number of rotatable bonds is 4. The van der Waals surface area contributed by atoms with E-state index < -0.39 is 20.5 Å². The van der Waals surface area contributed by atoms with E-state index >= 15 is 0 Å². The smallest absolute Gasteiger partial charge is 0.251 e. The van der Waals surface area contributed by atoms with E-state index in [1.807, 2.05) is 48.5 Å². The fourth-order valence-electron chi connectivity index (χ4n) is 6.82. The van der Waals surface area contributed by atoms with Crippen molar-refractivity contribution in [3.63, 3.8) is 0 Å². The van der Waals surface area contributed by atoms with Crippen molar-refractivity contribution >= 4 is 55.3 Å². The van der Waals surface area contributed by atoms with E-state index in [1.165, 1.54) is 4.90 Å². The molecule has 6 nitrogen and oxygen atoms in total. The predicted octanol–water partition coefficient (Wildman–Crippen LogP) is 5.01. The molecule has 2 bridgehead atoms. The summed E-state index contributed by atoms with van der Waals surface area (Å²) in [6.45, 7) is 1.15. The largest absolute Gasteiger partial charge is 0.376 e. The van der Waals surface area contributed by atoms with Gasteiger partial charge in [0.05, 0.1) is 32.3 Å². The lowest BCUT2D eigenvalue weighted by Crippen LogP contribution is -2.56. The van der Waals surface area contributed by atoms with Crippen molar-refractivity contribution in [1.82, 2.24) is 5.32 Å². The van der Waals surface area contributed by atoms with Gasteiger partial charge >= 0.3 is 0 Å². The molecular formula is C30H24Br2N2O4. The second-order valence-corrected chi connectivity index (χ2v) is 12.9. The van der Waals surface area contributed by atoms with Gasteiger partial charge in [0, 0.05) is 18.7 Å². The third-order valence-corrected chi connectivity index (χ3v) is 11.2. The van der Waals surface area contributed by atoms with Gasteiger partial charge in [-0.15, -0.1) is 0 Å². The van der Waals surface area contributed by atoms with Crippen molar-refractivity contribution in [3.05, 3.63) is 101 Å². The minimum absolute atomic E-state index is 0.0240. The van der Waals surface area contributed by atoms with Gasteiger partial charge in [0.25, 0.3) is 5.91 Å². The number of amides is 3. The highest BCUT2D eigenvalue weighted by molar-refractivity contribution is 9.10. The number of carbonyl (C=O) groups excluding carboxylic acids is 3. The van der Waals surface area contributed by atoms with Crippen LogP contribution in [-0.2, 0) is 23.0 Å². The normalized spacial score (nSPS) is 30.7. The summed E-state index contributed by atoms with van der Waals surface area (Å²) in [4.78, 5) is 42.7. The molecule has 3 aromatic rings. The average molecular weight is 636 g/mol. The van der Waals surface area contributed by atoms with Crippen LogP contribution in [0.25, 0.3) is 0 Å². The van der Waals surface area contributed by atoms with Gasteiger partial charge in [-0.25, -0.2) is 4.90 Å². The Morgan fingerprint density at radius 1 is 0.868 bits per heavy atom. The summed E-state index contributed by atoms with van der Waals surface area (Å²) >= 11 is 8.05. The number of hydrogen-bond donors (Lipinski definition) is 1. The maximum Gasteiger partial charge on any atom is 0.251 e. The van der Waals surface area contributed by atoms with E-state index in [1.54, 1.807) is 24.3 Å². The Balaban J connectivity index is 1.29. The summed E-state index contributed by atoms with van der Waals surface area (Å²) in [5.74, 6) is -2.12. The molecule has 3 amide bonds. The van der Waals surface area contributed by atoms with Gasteiger partial charge in [-0.1, -0.05) is 86.5 Å². The van der Waals surface area contributed by atoms with E-state index in [-0.39, 0.29) is 23.8 Å². The number of alkyl halides is 2. The highest BCUT2D eigenvalue weighted by Crippen LogP contribution is 2.70. The molecule has 2 fully saturated rings. The number of imide groups is 1. The Morgan fingerprint density at radius 3 is 1.92 bits per heavy atom. The minimum atomic E-state index is -0.849. The average Bonchev–Trinajstić information content (AvgIpc) is 3.56. The fraction of sp³-hybridized carbons (Fsp3) is 0.300. The van der Waals surface area contributed by atoms with Gasteiger partial charge in [-0.3, -0.25) is 14.4 Å². The minimum Gasteiger partial charge on any atom is -0.376 e. The summed E-state index contributed by atoms with van der Waals surface area (Å²) in [6, 6.07) is 22.8. The first-order valence-corrected chi connectivity index (χ1v) is 14.4. The predicted molar refractivity (Wildman–Crippen MR) is 150 cm³/mol. The van der Waals surface area contributed by atoms with Gasteiger partial charge in [-0.2, -0.15) is 0 Å². The molecule has 3 atom stereocenters. The van der Waals surface area contributed by atoms with Crippen molar-refractivity contribution in [3.8, 4) is 0 Å². The van der Waals surface area contributed by atoms with Crippen LogP contribution in [0.15, 0.2) is 72.8 Å².